The van der Waals surface area contributed by atoms with Gasteiger partial charge in [-0.15, -0.1) is 10.2 Å². The molecule has 2 saturated carbocycles. The summed E-state index contributed by atoms with van der Waals surface area (Å²) in [5, 5.41) is 6.91. The van der Waals surface area contributed by atoms with E-state index < -0.39 is 12.3 Å². The Kier molecular flexibility index (Phi) is 8.77. The lowest BCUT2D eigenvalue weighted by Gasteiger charge is -2.15. The molecule has 2 fully saturated rings. The standard InChI is InChI=1S/C18H16F2N4O.C17H19N3O/c1-11-2-4-13(5-3-11)18(6-7-18)8-14-21-9-12(10-22-14)16-23-24-17(25-16)15(19)20;1-12-2-4-14(5-3-12)17(6-7-17)8-16-19-10-13(11-20-16)15(21)9-18/h2-5,9-10,15H,6-8H2,1H3;2-5,10-11H,6-9,18H2,1H3. The maximum atomic E-state index is 12.5. The van der Waals surface area contributed by atoms with E-state index in [0.29, 0.717) is 11.1 Å². The molecule has 0 saturated heterocycles. The number of alkyl halides is 2. The third kappa shape index (κ3) is 7.04. The average Bonchev–Trinajstić information content (AvgIpc) is 3.98. The maximum absolute atomic E-state index is 12.5. The lowest BCUT2D eigenvalue weighted by molar-refractivity contribution is 0.100. The van der Waals surface area contributed by atoms with E-state index in [4.69, 9.17) is 10.2 Å². The zero-order valence-electron chi connectivity index (χ0n) is 25.8. The number of hydrogen-bond donors (Lipinski definition) is 1. The van der Waals surface area contributed by atoms with Gasteiger partial charge in [0.2, 0.25) is 0 Å². The molecule has 11 heteroatoms. The van der Waals surface area contributed by atoms with Gasteiger partial charge in [-0.25, -0.2) is 19.9 Å². The van der Waals surface area contributed by atoms with Crippen molar-refractivity contribution in [2.75, 3.05) is 6.54 Å². The second-order valence-corrected chi connectivity index (χ2v) is 12.3. The minimum atomic E-state index is -2.79. The highest BCUT2D eigenvalue weighted by atomic mass is 19.3. The van der Waals surface area contributed by atoms with Gasteiger partial charge in [0, 0.05) is 48.5 Å². The van der Waals surface area contributed by atoms with Crippen molar-refractivity contribution in [1.82, 2.24) is 30.1 Å². The number of aryl methyl sites for hydroxylation is 2. The van der Waals surface area contributed by atoms with Gasteiger partial charge in [-0.2, -0.15) is 8.78 Å². The highest BCUT2D eigenvalue weighted by molar-refractivity contribution is 5.96. The number of carbonyl (C=O) groups is 1. The minimum absolute atomic E-state index is 0.00141. The van der Waals surface area contributed by atoms with Crippen LogP contribution >= 0.6 is 0 Å². The third-order valence-electron chi connectivity index (χ3n) is 8.82. The molecule has 7 rings (SSSR count). The molecule has 236 valence electrons. The molecular formula is C35H35F2N7O2. The van der Waals surface area contributed by atoms with E-state index in [1.54, 1.807) is 12.4 Å². The van der Waals surface area contributed by atoms with Crippen molar-refractivity contribution < 1.29 is 18.0 Å². The van der Waals surface area contributed by atoms with Crippen molar-refractivity contribution in [3.63, 3.8) is 0 Å². The number of hydrogen-bond acceptors (Lipinski definition) is 9. The normalized spacial score (nSPS) is 15.6. The smallest absolute Gasteiger partial charge is 0.314 e. The van der Waals surface area contributed by atoms with Crippen LogP contribution < -0.4 is 5.73 Å². The average molecular weight is 624 g/mol. The molecule has 3 aromatic heterocycles. The van der Waals surface area contributed by atoms with Gasteiger partial charge >= 0.3 is 6.43 Å². The van der Waals surface area contributed by atoms with Crippen LogP contribution in [-0.2, 0) is 23.7 Å². The lowest BCUT2D eigenvalue weighted by atomic mass is 9.91. The second-order valence-electron chi connectivity index (χ2n) is 12.3. The summed E-state index contributed by atoms with van der Waals surface area (Å²) in [6.45, 7) is 4.16. The molecule has 0 aliphatic heterocycles. The fourth-order valence-electron chi connectivity index (χ4n) is 5.56. The Hall–Kier alpha value is -4.77. The summed E-state index contributed by atoms with van der Waals surface area (Å²) >= 11 is 0. The number of nitrogens with zero attached hydrogens (tertiary/aromatic N) is 6. The number of carbonyl (C=O) groups excluding carboxylic acids is 1. The molecule has 0 amide bonds. The van der Waals surface area contributed by atoms with E-state index in [1.165, 1.54) is 47.5 Å². The SMILES string of the molecule is Cc1ccc(C2(Cc3ncc(-c4nnc(C(F)F)o4)cn3)CC2)cc1.Cc1ccc(C2(Cc3ncc(C(=O)CN)cn3)CC2)cc1. The molecule has 0 bridgehead atoms. The molecule has 0 unspecified atom stereocenters. The zero-order chi connectivity index (χ0) is 32.3. The fourth-order valence-corrected chi connectivity index (χ4v) is 5.56. The zero-order valence-corrected chi connectivity index (χ0v) is 25.8. The van der Waals surface area contributed by atoms with Gasteiger partial charge in [-0.05, 0) is 50.7 Å². The third-order valence-corrected chi connectivity index (χ3v) is 8.82. The van der Waals surface area contributed by atoms with Crippen LogP contribution in [-0.4, -0.2) is 42.5 Å². The first kappa shape index (κ1) is 31.2. The number of ketones is 1. The van der Waals surface area contributed by atoms with Gasteiger partial charge in [-0.3, -0.25) is 4.79 Å². The van der Waals surface area contributed by atoms with E-state index in [0.717, 1.165) is 37.3 Å². The summed E-state index contributed by atoms with van der Waals surface area (Å²) in [5.41, 5.74) is 11.7. The summed E-state index contributed by atoms with van der Waals surface area (Å²) < 4.78 is 29.9. The van der Waals surface area contributed by atoms with Gasteiger partial charge in [0.05, 0.1) is 17.7 Å². The summed E-state index contributed by atoms with van der Waals surface area (Å²) in [6.07, 6.45) is 9.61. The molecule has 2 N–H and O–H groups in total. The monoisotopic (exact) mass is 623 g/mol. The van der Waals surface area contributed by atoms with E-state index in [1.807, 2.05) is 0 Å². The van der Waals surface area contributed by atoms with Gasteiger partial charge in [0.1, 0.15) is 11.6 Å². The molecule has 3 heterocycles. The Labute approximate surface area is 265 Å². The Morgan fingerprint density at radius 1 is 0.761 bits per heavy atom. The first-order valence-electron chi connectivity index (χ1n) is 15.3. The van der Waals surface area contributed by atoms with Gasteiger partial charge in [-0.1, -0.05) is 59.7 Å². The fraction of sp³-hybridized carbons (Fsp3) is 0.343. The Morgan fingerprint density at radius 3 is 1.61 bits per heavy atom. The number of halogens is 2. The maximum Gasteiger partial charge on any atom is 0.314 e. The molecule has 0 radical (unpaired) electrons. The summed E-state index contributed by atoms with van der Waals surface area (Å²) in [4.78, 5) is 28.8. The first-order valence-corrected chi connectivity index (χ1v) is 15.3. The number of rotatable bonds is 10. The molecule has 9 nitrogen and oxygen atoms in total. The Balaban J connectivity index is 0.000000164. The first-order chi connectivity index (χ1) is 22.2. The van der Waals surface area contributed by atoms with Crippen LogP contribution in [0.25, 0.3) is 11.5 Å². The van der Waals surface area contributed by atoms with Crippen molar-refractivity contribution >= 4 is 5.78 Å². The number of Topliss-reactive ketones (excluding diaryl/α,β-unsaturated/α-hetero) is 1. The van der Waals surface area contributed by atoms with Gasteiger partial charge in [0.25, 0.3) is 11.8 Å². The minimum Gasteiger partial charge on any atom is -0.415 e. The lowest BCUT2D eigenvalue weighted by Crippen LogP contribution is -2.16. The van der Waals surface area contributed by atoms with E-state index in [-0.39, 0.29) is 29.0 Å². The second kappa shape index (κ2) is 12.9. The van der Waals surface area contributed by atoms with E-state index in [2.05, 4.69) is 92.5 Å². The van der Waals surface area contributed by atoms with Crippen molar-refractivity contribution in [2.24, 2.45) is 5.73 Å². The highest BCUT2D eigenvalue weighted by Crippen LogP contribution is 2.51. The molecule has 0 atom stereocenters. The Bertz CT molecular complexity index is 1780. The highest BCUT2D eigenvalue weighted by Gasteiger charge is 2.45. The van der Waals surface area contributed by atoms with Crippen molar-refractivity contribution in [2.45, 2.75) is 69.6 Å². The van der Waals surface area contributed by atoms with Gasteiger partial charge in [0.15, 0.2) is 5.78 Å². The van der Waals surface area contributed by atoms with Crippen LogP contribution in [0.2, 0.25) is 0 Å². The molecular weight excluding hydrogens is 588 g/mol. The van der Waals surface area contributed by atoms with Crippen LogP contribution in [0.15, 0.2) is 77.7 Å². The van der Waals surface area contributed by atoms with Crippen LogP contribution in [0.4, 0.5) is 8.78 Å². The van der Waals surface area contributed by atoms with Crippen molar-refractivity contribution in [3.05, 3.63) is 119 Å². The van der Waals surface area contributed by atoms with Crippen molar-refractivity contribution in [1.29, 1.82) is 0 Å². The number of aromatic nitrogens is 6. The summed E-state index contributed by atoms with van der Waals surface area (Å²) in [7, 11) is 0. The largest absolute Gasteiger partial charge is 0.415 e. The van der Waals surface area contributed by atoms with Crippen LogP contribution in [0.1, 0.15) is 82.3 Å². The quantitative estimate of drug-likeness (QED) is 0.179. The topological polar surface area (TPSA) is 134 Å². The number of benzene rings is 2. The molecule has 2 aliphatic rings. The predicted molar refractivity (Wildman–Crippen MR) is 167 cm³/mol. The Morgan fingerprint density at radius 2 is 1.22 bits per heavy atom. The van der Waals surface area contributed by atoms with E-state index >= 15 is 0 Å². The molecule has 2 aromatic carbocycles. The summed E-state index contributed by atoms with van der Waals surface area (Å²) in [5.74, 6) is 0.690. The molecule has 46 heavy (non-hydrogen) atoms. The van der Waals surface area contributed by atoms with Crippen LogP contribution in [0.3, 0.4) is 0 Å². The number of nitrogens with two attached hydrogens (primary N) is 1. The van der Waals surface area contributed by atoms with Crippen LogP contribution in [0, 0.1) is 13.8 Å². The van der Waals surface area contributed by atoms with E-state index in [9.17, 15) is 13.6 Å². The van der Waals surface area contributed by atoms with Crippen LogP contribution in [0.5, 0.6) is 0 Å². The van der Waals surface area contributed by atoms with Gasteiger partial charge < -0.3 is 10.2 Å². The molecule has 2 aliphatic carbocycles. The summed E-state index contributed by atoms with van der Waals surface area (Å²) in [6, 6.07) is 17.3. The molecule has 5 aromatic rings. The predicted octanol–water partition coefficient (Wildman–Crippen LogP) is 6.25. The van der Waals surface area contributed by atoms with Crippen molar-refractivity contribution in [3.8, 4) is 11.5 Å². The molecule has 0 spiro atoms.